The Kier molecular flexibility index (Phi) is 8.94. The van der Waals surface area contributed by atoms with E-state index in [9.17, 15) is 4.79 Å². The summed E-state index contributed by atoms with van der Waals surface area (Å²) in [6.07, 6.45) is -0.667. The number of carbonyl (C=O) groups is 1. The van der Waals surface area contributed by atoms with Crippen LogP contribution in [0.25, 0.3) is 0 Å². The van der Waals surface area contributed by atoms with Crippen molar-refractivity contribution in [2.75, 3.05) is 0 Å². The van der Waals surface area contributed by atoms with Crippen LogP contribution in [0.2, 0.25) is 0 Å². The number of carboxylic acid groups (broad SMARTS) is 1. The van der Waals surface area contributed by atoms with E-state index in [1.807, 2.05) is 0 Å². The van der Waals surface area contributed by atoms with E-state index in [1.165, 1.54) is 6.92 Å². The smallest absolute Gasteiger partial charge is 0.337 e. The van der Waals surface area contributed by atoms with E-state index < -0.39 is 17.0 Å². The molecule has 4 nitrogen and oxygen atoms in total. The lowest BCUT2D eigenvalue weighted by Gasteiger charge is -1.84. The highest BCUT2D eigenvalue weighted by Gasteiger charge is 2.05. The molecule has 0 bridgehead atoms. The Morgan fingerprint density at radius 1 is 1.60 bits per heavy atom. The van der Waals surface area contributed by atoms with Gasteiger partial charge in [0.15, 0.2) is 0 Å². The maximum atomic E-state index is 9.44. The van der Waals surface area contributed by atoms with Crippen molar-refractivity contribution in [2.24, 2.45) is 5.73 Å². The van der Waals surface area contributed by atoms with Crippen LogP contribution in [0.3, 0.4) is 0 Å². The summed E-state index contributed by atoms with van der Waals surface area (Å²) >= 11 is 9.56. The van der Waals surface area contributed by atoms with Gasteiger partial charge in [0.05, 0.1) is 6.23 Å². The van der Waals surface area contributed by atoms with Crippen molar-refractivity contribution < 1.29 is 15.0 Å². The van der Waals surface area contributed by atoms with Gasteiger partial charge in [-0.25, -0.2) is 4.79 Å². The minimum Gasteiger partial charge on any atom is -0.479 e. The first-order valence-corrected chi connectivity index (χ1v) is 3.19. The Labute approximate surface area is 68.5 Å². The molecule has 0 aliphatic rings. The molecule has 4 N–H and O–H groups in total. The fourth-order valence-electron chi connectivity index (χ4n) is 0. The monoisotopic (exact) mass is 189 g/mol. The third-order valence-electron chi connectivity index (χ3n) is 0.187. The highest BCUT2D eigenvalue weighted by atomic mass is 35.5. The van der Waals surface area contributed by atoms with Crippen LogP contribution >= 0.6 is 23.2 Å². The molecular weight excluding hydrogens is 181 g/mol. The second kappa shape index (κ2) is 7.08. The topological polar surface area (TPSA) is 83.5 Å². The van der Waals surface area contributed by atoms with Crippen molar-refractivity contribution in [3.05, 3.63) is 0 Å². The molecule has 1 atom stereocenters. The highest BCUT2D eigenvalue weighted by molar-refractivity contribution is 6.52. The molecule has 0 saturated heterocycles. The zero-order valence-electron chi connectivity index (χ0n) is 5.29. The summed E-state index contributed by atoms with van der Waals surface area (Å²) in [6, 6.07) is 0. The minimum atomic E-state index is -1.29. The van der Waals surface area contributed by atoms with Crippen molar-refractivity contribution in [2.45, 2.75) is 18.0 Å². The fourth-order valence-corrected chi connectivity index (χ4v) is 0. The summed E-state index contributed by atoms with van der Waals surface area (Å²) in [5, 5.41) is 15.6. The lowest BCUT2D eigenvalue weighted by Crippen LogP contribution is -2.11. The molecular formula is C4H9Cl2NO3. The molecule has 0 radical (unpaired) electrons. The van der Waals surface area contributed by atoms with Gasteiger partial charge in [-0.2, -0.15) is 0 Å². The summed E-state index contributed by atoms with van der Waals surface area (Å²) in [5.74, 6) is -1.21. The molecule has 1 unspecified atom stereocenters. The molecule has 0 aromatic rings. The summed E-state index contributed by atoms with van der Waals surface area (Å²) in [6.45, 7) is 1.50. The van der Waals surface area contributed by atoms with Gasteiger partial charge in [-0.15, -0.1) is 0 Å². The molecule has 0 aromatic heterocycles. The maximum absolute atomic E-state index is 9.44. The van der Waals surface area contributed by atoms with E-state index in [0.717, 1.165) is 0 Å². The van der Waals surface area contributed by atoms with Crippen LogP contribution in [0.4, 0.5) is 0 Å². The third-order valence-corrected chi connectivity index (χ3v) is 0.560. The maximum Gasteiger partial charge on any atom is 0.337 e. The first-order chi connectivity index (χ1) is 4.37. The zero-order valence-corrected chi connectivity index (χ0v) is 6.80. The predicted molar refractivity (Wildman–Crippen MR) is 39.0 cm³/mol. The number of aliphatic hydroxyl groups excluding tert-OH is 1. The third kappa shape index (κ3) is 24.6. The lowest BCUT2D eigenvalue weighted by atomic mass is 10.7. The summed E-state index contributed by atoms with van der Waals surface area (Å²) in [7, 11) is 0. The number of aliphatic hydroxyl groups is 1. The number of hydrogen-bond donors (Lipinski definition) is 3. The van der Waals surface area contributed by atoms with Crippen LogP contribution in [-0.2, 0) is 4.79 Å². The average molecular weight is 190 g/mol. The average Bonchev–Trinajstić information content (AvgIpc) is 1.63. The zero-order chi connectivity index (χ0) is 8.73. The number of nitrogens with two attached hydrogens (primary N) is 1. The van der Waals surface area contributed by atoms with Crippen molar-refractivity contribution in [3.8, 4) is 0 Å². The van der Waals surface area contributed by atoms with Crippen LogP contribution in [-0.4, -0.2) is 27.2 Å². The predicted octanol–water partition coefficient (Wildman–Crippen LogP) is 0.158. The van der Waals surface area contributed by atoms with E-state index >= 15 is 0 Å². The largest absolute Gasteiger partial charge is 0.479 e. The molecule has 0 aromatic carbocycles. The van der Waals surface area contributed by atoms with Crippen LogP contribution < -0.4 is 5.73 Å². The van der Waals surface area contributed by atoms with Crippen LogP contribution in [0.5, 0.6) is 0 Å². The first kappa shape index (κ1) is 12.6. The SMILES string of the molecule is CC(N)O.O=C(O)C(Cl)Cl. The molecule has 62 valence electrons. The number of rotatable bonds is 1. The molecule has 0 spiro atoms. The number of hydrogen-bond acceptors (Lipinski definition) is 3. The van der Waals surface area contributed by atoms with Gasteiger partial charge < -0.3 is 15.9 Å². The van der Waals surface area contributed by atoms with Crippen LogP contribution in [0.1, 0.15) is 6.92 Å². The number of aliphatic carboxylic acids is 1. The molecule has 0 amide bonds. The van der Waals surface area contributed by atoms with Crippen LogP contribution in [0, 0.1) is 0 Å². The van der Waals surface area contributed by atoms with Gasteiger partial charge in [0.1, 0.15) is 0 Å². The summed E-state index contributed by atoms with van der Waals surface area (Å²) < 4.78 is 0. The molecule has 0 aliphatic heterocycles. The van der Waals surface area contributed by atoms with Gasteiger partial charge in [0.25, 0.3) is 0 Å². The van der Waals surface area contributed by atoms with Crippen molar-refractivity contribution in [3.63, 3.8) is 0 Å². The first-order valence-electron chi connectivity index (χ1n) is 2.32. The van der Waals surface area contributed by atoms with Gasteiger partial charge in [0, 0.05) is 0 Å². The summed E-state index contributed by atoms with van der Waals surface area (Å²) in [5.41, 5.74) is 4.67. The second-order valence-electron chi connectivity index (χ2n) is 1.38. The molecule has 0 aliphatic carbocycles. The Bertz CT molecular complexity index is 93.7. The molecule has 0 saturated carbocycles. The van der Waals surface area contributed by atoms with E-state index in [0.29, 0.717) is 0 Å². The highest BCUT2D eigenvalue weighted by Crippen LogP contribution is 1.98. The quantitative estimate of drug-likeness (QED) is 0.406. The molecule has 6 heteroatoms. The fraction of sp³-hybridized carbons (Fsp3) is 0.750. The van der Waals surface area contributed by atoms with E-state index in [1.54, 1.807) is 0 Å². The molecule has 0 fully saturated rings. The van der Waals surface area contributed by atoms with E-state index in [-0.39, 0.29) is 0 Å². The van der Waals surface area contributed by atoms with Gasteiger partial charge in [0.2, 0.25) is 4.84 Å². The summed E-state index contributed by atoms with van der Waals surface area (Å²) in [4.78, 5) is 8.15. The number of halogens is 2. The van der Waals surface area contributed by atoms with Gasteiger partial charge in [-0.1, -0.05) is 23.2 Å². The van der Waals surface area contributed by atoms with Gasteiger partial charge >= 0.3 is 5.97 Å². The van der Waals surface area contributed by atoms with Gasteiger partial charge in [-0.3, -0.25) is 0 Å². The van der Waals surface area contributed by atoms with Gasteiger partial charge in [-0.05, 0) is 6.92 Å². The van der Waals surface area contributed by atoms with Crippen LogP contribution in [0.15, 0.2) is 0 Å². The number of alkyl halides is 2. The molecule has 0 rings (SSSR count). The van der Waals surface area contributed by atoms with Crippen molar-refractivity contribution >= 4 is 29.2 Å². The standard InChI is InChI=1S/C2H2Cl2O2.C2H7NO/c3-1(4)2(5)6;1-2(3)4/h1H,(H,5,6);2,4H,3H2,1H3. The minimum absolute atomic E-state index is 0.667. The molecule has 10 heavy (non-hydrogen) atoms. The van der Waals surface area contributed by atoms with E-state index in [2.05, 4.69) is 5.73 Å². The second-order valence-corrected chi connectivity index (χ2v) is 2.48. The normalized spacial score (nSPS) is 11.8. The number of carboxylic acids is 1. The van der Waals surface area contributed by atoms with E-state index in [4.69, 9.17) is 33.4 Å². The Morgan fingerprint density at radius 3 is 1.70 bits per heavy atom. The Balaban J connectivity index is 0. The lowest BCUT2D eigenvalue weighted by molar-refractivity contribution is -0.135. The van der Waals surface area contributed by atoms with Crippen molar-refractivity contribution in [1.29, 1.82) is 0 Å². The Morgan fingerprint density at radius 2 is 1.70 bits per heavy atom. The Hall–Kier alpha value is -0.0300. The van der Waals surface area contributed by atoms with Crippen molar-refractivity contribution in [1.82, 2.24) is 0 Å². The molecule has 0 heterocycles.